The highest BCUT2D eigenvalue weighted by Crippen LogP contribution is 2.29. The molecular formula is C18H25NO5. The third-order valence-corrected chi connectivity index (χ3v) is 3.92. The fourth-order valence-corrected chi connectivity index (χ4v) is 2.11. The zero-order valence-corrected chi connectivity index (χ0v) is 14.4. The Morgan fingerprint density at radius 1 is 1.25 bits per heavy atom. The van der Waals surface area contributed by atoms with Crippen LogP contribution >= 0.6 is 0 Å². The molecule has 1 aromatic rings. The zero-order valence-electron chi connectivity index (χ0n) is 14.4. The second-order valence-electron chi connectivity index (χ2n) is 6.58. The van der Waals surface area contributed by atoms with E-state index in [0.717, 1.165) is 5.56 Å². The van der Waals surface area contributed by atoms with Crippen LogP contribution in [-0.4, -0.2) is 36.9 Å². The second-order valence-corrected chi connectivity index (χ2v) is 6.58. The molecule has 0 saturated carbocycles. The van der Waals surface area contributed by atoms with Crippen molar-refractivity contribution in [2.24, 2.45) is 5.92 Å². The minimum absolute atomic E-state index is 0.102. The first-order valence-corrected chi connectivity index (χ1v) is 8.17. The first kappa shape index (κ1) is 18.3. The maximum absolute atomic E-state index is 12.2. The number of hydrogen-bond donors (Lipinski definition) is 1. The molecule has 0 spiro atoms. The normalized spacial score (nSPS) is 20.3. The van der Waals surface area contributed by atoms with E-state index >= 15 is 0 Å². The van der Waals surface area contributed by atoms with Crippen LogP contribution in [0.4, 0.5) is 4.79 Å². The van der Waals surface area contributed by atoms with Crippen LogP contribution in [0.15, 0.2) is 30.3 Å². The number of epoxide rings is 1. The minimum Gasteiger partial charge on any atom is -0.464 e. The van der Waals surface area contributed by atoms with E-state index in [4.69, 9.17) is 14.2 Å². The van der Waals surface area contributed by atoms with E-state index in [1.54, 1.807) is 0 Å². The third kappa shape index (κ3) is 5.85. The van der Waals surface area contributed by atoms with Gasteiger partial charge in [-0.2, -0.15) is 0 Å². The molecule has 6 nitrogen and oxygen atoms in total. The molecule has 132 valence electrons. The van der Waals surface area contributed by atoms with E-state index in [-0.39, 0.29) is 24.7 Å². The average Bonchev–Trinajstić information content (AvgIpc) is 3.28. The van der Waals surface area contributed by atoms with Crippen LogP contribution < -0.4 is 5.32 Å². The van der Waals surface area contributed by atoms with Gasteiger partial charge in [0.1, 0.15) is 12.6 Å². The fraction of sp³-hybridized carbons (Fsp3) is 0.556. The molecule has 1 aliphatic rings. The van der Waals surface area contributed by atoms with Gasteiger partial charge in [0.15, 0.2) is 0 Å². The summed E-state index contributed by atoms with van der Waals surface area (Å²) in [6.45, 7) is 6.78. The van der Waals surface area contributed by atoms with Crippen molar-refractivity contribution in [3.8, 4) is 0 Å². The Bertz CT molecular complexity index is 554. The minimum atomic E-state index is -0.735. The maximum Gasteiger partial charge on any atom is 0.408 e. The quantitative estimate of drug-likeness (QED) is 0.584. The molecule has 2 atom stereocenters. The van der Waals surface area contributed by atoms with Crippen molar-refractivity contribution >= 4 is 12.1 Å². The molecule has 1 amide bonds. The molecule has 1 aromatic carbocycles. The number of benzene rings is 1. The number of alkyl carbamates (subject to hydrolysis) is 1. The summed E-state index contributed by atoms with van der Waals surface area (Å²) in [6, 6.07) is 8.62. The summed E-state index contributed by atoms with van der Waals surface area (Å²) in [5.74, 6) is -0.555. The molecule has 0 aliphatic carbocycles. The van der Waals surface area contributed by atoms with E-state index in [2.05, 4.69) is 5.32 Å². The highest BCUT2D eigenvalue weighted by atomic mass is 16.6. The third-order valence-electron chi connectivity index (χ3n) is 3.92. The molecule has 0 aromatic heterocycles. The summed E-state index contributed by atoms with van der Waals surface area (Å²) in [5, 5.41) is 2.58. The van der Waals surface area contributed by atoms with Crippen molar-refractivity contribution in [3.05, 3.63) is 35.9 Å². The Labute approximate surface area is 142 Å². The SMILES string of the molecule is CC(C)[C@H](NC(=O)OCc1ccccc1)C(=O)OCCC1(C)CO1. The second kappa shape index (κ2) is 8.15. The lowest BCUT2D eigenvalue weighted by Crippen LogP contribution is -2.45. The number of esters is 1. The van der Waals surface area contributed by atoms with Gasteiger partial charge < -0.3 is 19.5 Å². The summed E-state index contributed by atoms with van der Waals surface area (Å²) in [4.78, 5) is 24.1. The Morgan fingerprint density at radius 3 is 2.50 bits per heavy atom. The molecule has 2 rings (SSSR count). The van der Waals surface area contributed by atoms with Crippen LogP contribution in [0.25, 0.3) is 0 Å². The Hall–Kier alpha value is -2.08. The van der Waals surface area contributed by atoms with Crippen LogP contribution in [0.3, 0.4) is 0 Å². The van der Waals surface area contributed by atoms with Gasteiger partial charge in [0.05, 0.1) is 18.8 Å². The molecular weight excluding hydrogens is 310 g/mol. The summed E-state index contributed by atoms with van der Waals surface area (Å²) >= 11 is 0. The average molecular weight is 335 g/mol. The van der Waals surface area contributed by atoms with Crippen molar-refractivity contribution < 1.29 is 23.8 Å². The number of carbonyl (C=O) groups excluding carboxylic acids is 2. The zero-order chi connectivity index (χ0) is 17.6. The predicted molar refractivity (Wildman–Crippen MR) is 88.3 cm³/mol. The first-order chi connectivity index (χ1) is 11.4. The van der Waals surface area contributed by atoms with Crippen LogP contribution in [0, 0.1) is 5.92 Å². The standard InChI is InChI=1S/C18H25NO5/c1-13(2)15(16(20)22-10-9-18(3)12-24-18)19-17(21)23-11-14-7-5-4-6-8-14/h4-8,13,15H,9-12H2,1-3H3,(H,19,21)/t15-,18?/m0/s1. The van der Waals surface area contributed by atoms with Gasteiger partial charge >= 0.3 is 12.1 Å². The van der Waals surface area contributed by atoms with Crippen LogP contribution in [0.1, 0.15) is 32.8 Å². The Kier molecular flexibility index (Phi) is 6.20. The van der Waals surface area contributed by atoms with E-state index < -0.39 is 18.1 Å². The highest BCUT2D eigenvalue weighted by Gasteiger charge is 2.39. The van der Waals surface area contributed by atoms with Crippen LogP contribution in [-0.2, 0) is 25.6 Å². The van der Waals surface area contributed by atoms with Gasteiger partial charge in [-0.15, -0.1) is 0 Å². The maximum atomic E-state index is 12.2. The number of ether oxygens (including phenoxy) is 3. The first-order valence-electron chi connectivity index (χ1n) is 8.17. The van der Waals surface area contributed by atoms with Gasteiger partial charge in [-0.25, -0.2) is 9.59 Å². The number of rotatable bonds is 8. The molecule has 6 heteroatoms. The lowest BCUT2D eigenvalue weighted by molar-refractivity contribution is -0.147. The molecule has 1 N–H and O–H groups in total. The van der Waals surface area contributed by atoms with Gasteiger partial charge in [0, 0.05) is 6.42 Å². The lowest BCUT2D eigenvalue weighted by Gasteiger charge is -2.20. The molecule has 24 heavy (non-hydrogen) atoms. The highest BCUT2D eigenvalue weighted by molar-refractivity contribution is 5.81. The molecule has 1 aliphatic heterocycles. The van der Waals surface area contributed by atoms with Crippen molar-refractivity contribution in [2.75, 3.05) is 13.2 Å². The fourth-order valence-electron chi connectivity index (χ4n) is 2.11. The molecule has 0 bridgehead atoms. The molecule has 1 saturated heterocycles. The largest absolute Gasteiger partial charge is 0.464 e. The predicted octanol–water partition coefficient (Wildman–Crippen LogP) is 2.66. The van der Waals surface area contributed by atoms with Gasteiger partial charge in [0.25, 0.3) is 0 Å². The molecule has 1 heterocycles. The topological polar surface area (TPSA) is 77.2 Å². The van der Waals surface area contributed by atoms with E-state index in [0.29, 0.717) is 13.0 Å². The summed E-state index contributed by atoms with van der Waals surface area (Å²) < 4.78 is 15.6. The molecule has 1 unspecified atom stereocenters. The smallest absolute Gasteiger partial charge is 0.408 e. The lowest BCUT2D eigenvalue weighted by atomic mass is 10.1. The van der Waals surface area contributed by atoms with Gasteiger partial charge in [0.2, 0.25) is 0 Å². The van der Waals surface area contributed by atoms with Crippen LogP contribution in [0.2, 0.25) is 0 Å². The van der Waals surface area contributed by atoms with Crippen molar-refractivity contribution in [2.45, 2.75) is 45.4 Å². The van der Waals surface area contributed by atoms with E-state index in [9.17, 15) is 9.59 Å². The van der Waals surface area contributed by atoms with Gasteiger partial charge in [-0.05, 0) is 18.4 Å². The van der Waals surface area contributed by atoms with E-state index in [1.807, 2.05) is 51.1 Å². The molecule has 0 radical (unpaired) electrons. The van der Waals surface area contributed by atoms with Crippen molar-refractivity contribution in [1.82, 2.24) is 5.32 Å². The van der Waals surface area contributed by atoms with Gasteiger partial charge in [-0.3, -0.25) is 0 Å². The monoisotopic (exact) mass is 335 g/mol. The van der Waals surface area contributed by atoms with Crippen LogP contribution in [0.5, 0.6) is 0 Å². The number of amides is 1. The number of nitrogens with one attached hydrogen (secondary N) is 1. The summed E-state index contributed by atoms with van der Waals surface area (Å²) in [7, 11) is 0. The van der Waals surface area contributed by atoms with Crippen molar-refractivity contribution in [1.29, 1.82) is 0 Å². The number of hydrogen-bond acceptors (Lipinski definition) is 5. The Morgan fingerprint density at radius 2 is 1.92 bits per heavy atom. The summed E-state index contributed by atoms with van der Waals surface area (Å²) in [5.41, 5.74) is 0.726. The van der Waals surface area contributed by atoms with Gasteiger partial charge in [-0.1, -0.05) is 44.2 Å². The Balaban J connectivity index is 1.76. The van der Waals surface area contributed by atoms with Crippen molar-refractivity contribution in [3.63, 3.8) is 0 Å². The summed E-state index contributed by atoms with van der Waals surface area (Å²) in [6.07, 6.45) is 0.0224. The van der Waals surface area contributed by atoms with E-state index in [1.165, 1.54) is 0 Å². The molecule has 1 fully saturated rings. The number of carbonyl (C=O) groups is 2.